The zero-order valence-electron chi connectivity index (χ0n) is 7.41. The molecule has 0 bridgehead atoms. The van der Waals surface area contributed by atoms with Crippen LogP contribution in [0.25, 0.3) is 0 Å². The lowest BCUT2D eigenvalue weighted by atomic mass is 9.98. The number of carbonyl (C=O) groups is 1. The normalized spacial score (nSPS) is 18.5. The Morgan fingerprint density at radius 1 is 1.23 bits per heavy atom. The van der Waals surface area contributed by atoms with Gasteiger partial charge in [0.15, 0.2) is 0 Å². The van der Waals surface area contributed by atoms with E-state index in [-0.39, 0.29) is 5.78 Å². The molecule has 0 aromatic carbocycles. The lowest BCUT2D eigenvalue weighted by Gasteiger charge is -2.10. The molecule has 13 heavy (non-hydrogen) atoms. The van der Waals surface area contributed by atoms with E-state index in [4.69, 9.17) is 0 Å². The Morgan fingerprint density at radius 3 is 2.23 bits per heavy atom. The van der Waals surface area contributed by atoms with Crippen LogP contribution in [0.3, 0.4) is 0 Å². The predicted molar refractivity (Wildman–Crippen MR) is 48.9 cm³/mol. The SMILES string of the molecule is CS(=O)(=O)NN=C1CCC(=O)CC1. The molecule has 0 heterocycles. The maximum atomic E-state index is 10.8. The van der Waals surface area contributed by atoms with Crippen LogP contribution in [0.2, 0.25) is 0 Å². The molecule has 0 saturated heterocycles. The van der Waals surface area contributed by atoms with Gasteiger partial charge < -0.3 is 0 Å². The lowest BCUT2D eigenvalue weighted by molar-refractivity contribution is -0.119. The van der Waals surface area contributed by atoms with Crippen LogP contribution in [0.4, 0.5) is 0 Å². The van der Waals surface area contributed by atoms with Gasteiger partial charge in [-0.2, -0.15) is 5.10 Å². The summed E-state index contributed by atoms with van der Waals surface area (Å²) >= 11 is 0. The third-order valence-corrected chi connectivity index (χ3v) is 2.18. The summed E-state index contributed by atoms with van der Waals surface area (Å²) in [5.74, 6) is 0.221. The summed E-state index contributed by atoms with van der Waals surface area (Å²) in [4.78, 5) is 12.9. The minimum Gasteiger partial charge on any atom is -0.300 e. The van der Waals surface area contributed by atoms with Crippen molar-refractivity contribution in [1.82, 2.24) is 4.83 Å². The molecule has 0 aromatic rings. The number of nitrogens with zero attached hydrogens (tertiary/aromatic N) is 1. The molecule has 0 spiro atoms. The second kappa shape index (κ2) is 3.87. The molecular weight excluding hydrogens is 192 g/mol. The summed E-state index contributed by atoms with van der Waals surface area (Å²) in [5.41, 5.74) is 0.755. The number of sulfonamides is 1. The van der Waals surface area contributed by atoms with Crippen molar-refractivity contribution in [2.24, 2.45) is 5.10 Å². The molecule has 6 heteroatoms. The van der Waals surface area contributed by atoms with Gasteiger partial charge >= 0.3 is 0 Å². The molecule has 1 rings (SSSR count). The molecule has 0 aromatic heterocycles. The van der Waals surface area contributed by atoms with E-state index in [1.54, 1.807) is 0 Å². The quantitative estimate of drug-likeness (QED) is 0.645. The molecule has 0 unspecified atom stereocenters. The van der Waals surface area contributed by atoms with E-state index >= 15 is 0 Å². The van der Waals surface area contributed by atoms with Gasteiger partial charge in [-0.15, -0.1) is 0 Å². The zero-order valence-corrected chi connectivity index (χ0v) is 8.23. The monoisotopic (exact) mass is 204 g/mol. The molecule has 0 aliphatic heterocycles. The Hall–Kier alpha value is -0.910. The van der Waals surface area contributed by atoms with Crippen molar-refractivity contribution in [3.63, 3.8) is 0 Å². The Kier molecular flexibility index (Phi) is 3.02. The summed E-state index contributed by atoms with van der Waals surface area (Å²) in [6.45, 7) is 0. The van der Waals surface area contributed by atoms with Gasteiger partial charge in [0, 0.05) is 18.6 Å². The van der Waals surface area contributed by atoms with Crippen molar-refractivity contribution in [3.8, 4) is 0 Å². The standard InChI is InChI=1S/C7H12N2O3S/c1-13(11,12)9-8-6-2-4-7(10)5-3-6/h9H,2-5H2,1H3. The van der Waals surface area contributed by atoms with Crippen LogP contribution in [-0.2, 0) is 14.8 Å². The molecule has 1 aliphatic carbocycles. The smallest absolute Gasteiger partial charge is 0.244 e. The number of hydrogen-bond donors (Lipinski definition) is 1. The van der Waals surface area contributed by atoms with Crippen LogP contribution < -0.4 is 4.83 Å². The highest BCUT2D eigenvalue weighted by Gasteiger charge is 2.14. The van der Waals surface area contributed by atoms with Gasteiger partial charge in [0.05, 0.1) is 6.26 Å². The van der Waals surface area contributed by atoms with E-state index in [1.165, 1.54) is 0 Å². The maximum Gasteiger partial charge on any atom is 0.244 e. The van der Waals surface area contributed by atoms with E-state index in [0.717, 1.165) is 12.0 Å². The van der Waals surface area contributed by atoms with E-state index in [1.807, 2.05) is 0 Å². The number of hydrogen-bond acceptors (Lipinski definition) is 4. The second-order valence-corrected chi connectivity index (χ2v) is 4.81. The van der Waals surface area contributed by atoms with Gasteiger partial charge in [0.25, 0.3) is 0 Å². The number of carbonyl (C=O) groups excluding carboxylic acids is 1. The fraction of sp³-hybridized carbons (Fsp3) is 0.714. The third-order valence-electron chi connectivity index (χ3n) is 1.75. The third kappa shape index (κ3) is 4.02. The molecule has 1 N–H and O–H groups in total. The van der Waals surface area contributed by atoms with Crippen LogP contribution >= 0.6 is 0 Å². The first-order chi connectivity index (χ1) is 5.97. The minimum atomic E-state index is -3.26. The van der Waals surface area contributed by atoms with Gasteiger partial charge in [-0.1, -0.05) is 0 Å². The Balaban J connectivity index is 2.49. The topological polar surface area (TPSA) is 75.6 Å². The summed E-state index contributed by atoms with van der Waals surface area (Å²) < 4.78 is 21.3. The Morgan fingerprint density at radius 2 is 1.77 bits per heavy atom. The van der Waals surface area contributed by atoms with Gasteiger partial charge in [-0.05, 0) is 12.8 Å². The zero-order chi connectivity index (χ0) is 9.90. The fourth-order valence-corrected chi connectivity index (χ4v) is 1.37. The van der Waals surface area contributed by atoms with Gasteiger partial charge in [-0.25, -0.2) is 13.2 Å². The first-order valence-electron chi connectivity index (χ1n) is 4.01. The number of rotatable bonds is 2. The minimum absolute atomic E-state index is 0.221. The van der Waals surface area contributed by atoms with Crippen molar-refractivity contribution in [1.29, 1.82) is 0 Å². The van der Waals surface area contributed by atoms with Crippen molar-refractivity contribution < 1.29 is 13.2 Å². The second-order valence-electron chi connectivity index (χ2n) is 3.08. The molecule has 0 radical (unpaired) electrons. The van der Waals surface area contributed by atoms with Crippen LogP contribution in [0, 0.1) is 0 Å². The Labute approximate surface area is 77.3 Å². The number of nitrogens with one attached hydrogen (secondary N) is 1. The summed E-state index contributed by atoms with van der Waals surface area (Å²) in [7, 11) is -3.26. The molecule has 1 saturated carbocycles. The van der Waals surface area contributed by atoms with Gasteiger partial charge in [-0.3, -0.25) is 4.79 Å². The number of hydrazone groups is 1. The van der Waals surface area contributed by atoms with Gasteiger partial charge in [0.1, 0.15) is 5.78 Å². The van der Waals surface area contributed by atoms with Crippen LogP contribution in [0.5, 0.6) is 0 Å². The summed E-state index contributed by atoms with van der Waals surface area (Å²) in [6.07, 6.45) is 3.14. The van der Waals surface area contributed by atoms with Crippen LogP contribution in [-0.4, -0.2) is 26.2 Å². The van der Waals surface area contributed by atoms with Crippen molar-refractivity contribution in [2.45, 2.75) is 25.7 Å². The summed E-state index contributed by atoms with van der Waals surface area (Å²) in [5, 5.41) is 3.72. The molecule has 74 valence electrons. The maximum absolute atomic E-state index is 10.8. The van der Waals surface area contributed by atoms with Gasteiger partial charge in [0.2, 0.25) is 10.0 Å². The van der Waals surface area contributed by atoms with Crippen molar-refractivity contribution in [2.75, 3.05) is 6.26 Å². The molecule has 1 fully saturated rings. The molecule has 1 aliphatic rings. The summed E-state index contributed by atoms with van der Waals surface area (Å²) in [6, 6.07) is 0. The van der Waals surface area contributed by atoms with Crippen LogP contribution in [0.1, 0.15) is 25.7 Å². The average molecular weight is 204 g/mol. The molecule has 5 nitrogen and oxygen atoms in total. The number of ketones is 1. The fourth-order valence-electron chi connectivity index (χ4n) is 1.08. The Bertz CT molecular complexity index is 320. The van der Waals surface area contributed by atoms with E-state index in [9.17, 15) is 13.2 Å². The molecule has 0 amide bonds. The highest BCUT2D eigenvalue weighted by Crippen LogP contribution is 2.11. The highest BCUT2D eigenvalue weighted by atomic mass is 32.2. The first-order valence-corrected chi connectivity index (χ1v) is 5.90. The van der Waals surface area contributed by atoms with Crippen LogP contribution in [0.15, 0.2) is 5.10 Å². The highest BCUT2D eigenvalue weighted by molar-refractivity contribution is 7.88. The largest absolute Gasteiger partial charge is 0.300 e. The number of Topliss-reactive ketones (excluding diaryl/α,β-unsaturated/α-hetero) is 1. The van der Waals surface area contributed by atoms with Crippen molar-refractivity contribution >= 4 is 21.5 Å². The predicted octanol–water partition coefficient (Wildman–Crippen LogP) is 0.0347. The average Bonchev–Trinajstić information content (AvgIpc) is 2.02. The molecule has 0 atom stereocenters. The van der Waals surface area contributed by atoms with E-state index in [0.29, 0.717) is 25.7 Å². The van der Waals surface area contributed by atoms with E-state index < -0.39 is 10.0 Å². The lowest BCUT2D eigenvalue weighted by Crippen LogP contribution is -2.21. The molecular formula is C7H12N2O3S. The van der Waals surface area contributed by atoms with E-state index in [2.05, 4.69) is 9.93 Å². The first kappa shape index (κ1) is 10.2. The van der Waals surface area contributed by atoms with Crippen molar-refractivity contribution in [3.05, 3.63) is 0 Å².